The molecular weight excluding hydrogens is 481 g/mol. The van der Waals surface area contributed by atoms with E-state index in [2.05, 4.69) is 25.1 Å². The van der Waals surface area contributed by atoms with Gasteiger partial charge in [0.05, 0.1) is 10.9 Å². The number of aromatic nitrogens is 3. The molecule has 0 unspecified atom stereocenters. The van der Waals surface area contributed by atoms with Crippen LogP contribution in [0.2, 0.25) is 0 Å². The second-order valence-electron chi connectivity index (χ2n) is 10.2. The SMILES string of the molecule is Cc1nc(N[C@H](C)c2cccc(C(F)(F)F)c2)c2cc(N3CCN(C4CCCC4)CC3)c(=O)n(C)c2n1. The van der Waals surface area contributed by atoms with Gasteiger partial charge in [-0.15, -0.1) is 0 Å². The van der Waals surface area contributed by atoms with Gasteiger partial charge in [-0.1, -0.05) is 25.0 Å². The van der Waals surface area contributed by atoms with Crippen LogP contribution in [0.5, 0.6) is 0 Å². The zero-order valence-electron chi connectivity index (χ0n) is 21.5. The van der Waals surface area contributed by atoms with E-state index >= 15 is 0 Å². The number of halogens is 3. The van der Waals surface area contributed by atoms with E-state index in [1.165, 1.54) is 31.7 Å². The molecule has 37 heavy (non-hydrogen) atoms. The number of anilines is 2. The summed E-state index contributed by atoms with van der Waals surface area (Å²) in [7, 11) is 1.70. The molecule has 1 aliphatic heterocycles. The Kier molecular flexibility index (Phi) is 6.87. The van der Waals surface area contributed by atoms with E-state index in [-0.39, 0.29) is 5.56 Å². The summed E-state index contributed by atoms with van der Waals surface area (Å²) in [6.45, 7) is 6.92. The van der Waals surface area contributed by atoms with E-state index in [9.17, 15) is 18.0 Å². The molecule has 2 fully saturated rings. The van der Waals surface area contributed by atoms with Gasteiger partial charge in [0.15, 0.2) is 0 Å². The number of piperazine rings is 1. The maximum Gasteiger partial charge on any atom is 0.416 e. The van der Waals surface area contributed by atoms with Crippen molar-refractivity contribution in [3.63, 3.8) is 0 Å². The highest BCUT2D eigenvalue weighted by Gasteiger charge is 2.31. The van der Waals surface area contributed by atoms with E-state index in [0.717, 1.165) is 38.3 Å². The molecule has 1 N–H and O–H groups in total. The molecule has 3 aromatic rings. The number of aryl methyl sites for hydroxylation is 2. The number of benzene rings is 1. The Hall–Kier alpha value is -3.14. The minimum atomic E-state index is -4.41. The Morgan fingerprint density at radius 3 is 2.43 bits per heavy atom. The van der Waals surface area contributed by atoms with E-state index < -0.39 is 17.8 Å². The third-order valence-corrected chi connectivity index (χ3v) is 7.72. The third kappa shape index (κ3) is 5.16. The van der Waals surface area contributed by atoms with Crippen LogP contribution >= 0.6 is 0 Å². The fourth-order valence-corrected chi connectivity index (χ4v) is 5.63. The van der Waals surface area contributed by atoms with Crippen molar-refractivity contribution in [1.82, 2.24) is 19.4 Å². The van der Waals surface area contributed by atoms with Crippen molar-refractivity contribution in [1.29, 1.82) is 0 Å². The molecule has 0 spiro atoms. The monoisotopic (exact) mass is 514 g/mol. The number of rotatable bonds is 5. The van der Waals surface area contributed by atoms with Gasteiger partial charge in [-0.25, -0.2) is 9.97 Å². The molecule has 0 radical (unpaired) electrons. The molecular formula is C27H33F3N6O. The predicted octanol–water partition coefficient (Wildman–Crippen LogP) is 4.89. The van der Waals surface area contributed by atoms with Crippen molar-refractivity contribution in [3.8, 4) is 0 Å². The number of nitrogens with one attached hydrogen (secondary N) is 1. The largest absolute Gasteiger partial charge is 0.416 e. The second kappa shape index (κ2) is 9.96. The predicted molar refractivity (Wildman–Crippen MR) is 139 cm³/mol. The van der Waals surface area contributed by atoms with Crippen molar-refractivity contribution < 1.29 is 13.2 Å². The minimum Gasteiger partial charge on any atom is -0.364 e. The van der Waals surface area contributed by atoms with Crippen LogP contribution in [0, 0.1) is 6.92 Å². The molecule has 10 heteroatoms. The summed E-state index contributed by atoms with van der Waals surface area (Å²) in [5.74, 6) is 0.966. The first kappa shape index (κ1) is 25.5. The number of alkyl halides is 3. The Labute approximate surface area is 214 Å². The van der Waals surface area contributed by atoms with Crippen molar-refractivity contribution in [2.24, 2.45) is 7.05 Å². The Bertz CT molecular complexity index is 1340. The zero-order valence-corrected chi connectivity index (χ0v) is 21.5. The average Bonchev–Trinajstić information content (AvgIpc) is 3.41. The van der Waals surface area contributed by atoms with Gasteiger partial charge in [0.25, 0.3) is 5.56 Å². The smallest absolute Gasteiger partial charge is 0.364 e. The maximum atomic E-state index is 13.3. The lowest BCUT2D eigenvalue weighted by atomic mass is 10.0. The summed E-state index contributed by atoms with van der Waals surface area (Å²) in [5.41, 5.74) is 0.779. The summed E-state index contributed by atoms with van der Waals surface area (Å²) >= 11 is 0. The van der Waals surface area contributed by atoms with Crippen LogP contribution in [0.1, 0.15) is 55.6 Å². The molecule has 7 nitrogen and oxygen atoms in total. The Morgan fingerprint density at radius 1 is 1.05 bits per heavy atom. The Morgan fingerprint density at radius 2 is 1.76 bits per heavy atom. The number of fused-ring (bicyclic) bond motifs is 1. The third-order valence-electron chi connectivity index (χ3n) is 7.72. The molecule has 1 saturated heterocycles. The number of hydrogen-bond donors (Lipinski definition) is 1. The lowest BCUT2D eigenvalue weighted by molar-refractivity contribution is -0.137. The van der Waals surface area contributed by atoms with Gasteiger partial charge in [0, 0.05) is 45.3 Å². The molecule has 2 aliphatic rings. The topological polar surface area (TPSA) is 66.3 Å². The first-order valence-corrected chi connectivity index (χ1v) is 12.9. The molecule has 5 rings (SSSR count). The maximum absolute atomic E-state index is 13.3. The van der Waals surface area contributed by atoms with Crippen LogP contribution < -0.4 is 15.8 Å². The van der Waals surface area contributed by atoms with Crippen LogP contribution in [0.25, 0.3) is 11.0 Å². The first-order chi connectivity index (χ1) is 17.6. The number of hydrogen-bond acceptors (Lipinski definition) is 6. The highest BCUT2D eigenvalue weighted by Crippen LogP contribution is 2.32. The van der Waals surface area contributed by atoms with E-state index in [1.807, 2.05) is 6.07 Å². The van der Waals surface area contributed by atoms with Gasteiger partial charge in [-0.2, -0.15) is 13.2 Å². The molecule has 0 amide bonds. The fraction of sp³-hybridized carbons (Fsp3) is 0.519. The van der Waals surface area contributed by atoms with Crippen LogP contribution in [0.4, 0.5) is 24.7 Å². The summed E-state index contributed by atoms with van der Waals surface area (Å²) < 4.78 is 41.3. The first-order valence-electron chi connectivity index (χ1n) is 12.9. The van der Waals surface area contributed by atoms with Crippen LogP contribution in [0.15, 0.2) is 35.1 Å². The number of pyridine rings is 1. The second-order valence-corrected chi connectivity index (χ2v) is 10.2. The minimum absolute atomic E-state index is 0.114. The normalized spacial score (nSPS) is 18.5. The van der Waals surface area contributed by atoms with Crippen molar-refractivity contribution in [2.75, 3.05) is 36.4 Å². The molecule has 1 aromatic carbocycles. The Balaban J connectivity index is 1.46. The number of nitrogens with zero attached hydrogens (tertiary/aromatic N) is 5. The zero-order chi connectivity index (χ0) is 26.3. The molecule has 1 atom stereocenters. The van der Waals surface area contributed by atoms with Gasteiger partial charge < -0.3 is 10.2 Å². The van der Waals surface area contributed by atoms with E-state index in [0.29, 0.717) is 40.0 Å². The van der Waals surface area contributed by atoms with Crippen LogP contribution in [-0.2, 0) is 13.2 Å². The standard InChI is InChI=1S/C27H33F3N6O/c1-17(19-7-6-8-20(15-19)27(28,29)30)31-24-22-16-23(26(37)34(3)25(22)33-18(2)32-24)36-13-11-35(12-14-36)21-9-4-5-10-21/h6-8,15-17,21H,4-5,9-14H2,1-3H3,(H,31,32,33)/t17-/m1/s1. The van der Waals surface area contributed by atoms with Gasteiger partial charge in [-0.3, -0.25) is 14.3 Å². The lowest BCUT2D eigenvalue weighted by Gasteiger charge is -2.39. The lowest BCUT2D eigenvalue weighted by Crippen LogP contribution is -2.51. The molecule has 1 aliphatic carbocycles. The van der Waals surface area contributed by atoms with Crippen LogP contribution in [-0.4, -0.2) is 51.7 Å². The quantitative estimate of drug-likeness (QED) is 0.523. The van der Waals surface area contributed by atoms with Gasteiger partial charge in [0.1, 0.15) is 23.0 Å². The van der Waals surface area contributed by atoms with Crippen molar-refractivity contribution in [2.45, 2.75) is 57.8 Å². The van der Waals surface area contributed by atoms with Gasteiger partial charge in [0.2, 0.25) is 0 Å². The fourth-order valence-electron chi connectivity index (χ4n) is 5.63. The van der Waals surface area contributed by atoms with Crippen LogP contribution in [0.3, 0.4) is 0 Å². The summed E-state index contributed by atoms with van der Waals surface area (Å²) in [4.78, 5) is 27.1. The molecule has 198 valence electrons. The average molecular weight is 515 g/mol. The highest BCUT2D eigenvalue weighted by molar-refractivity contribution is 5.89. The highest BCUT2D eigenvalue weighted by atomic mass is 19.4. The molecule has 0 bridgehead atoms. The van der Waals surface area contributed by atoms with Gasteiger partial charge >= 0.3 is 6.18 Å². The van der Waals surface area contributed by atoms with E-state index in [1.54, 1.807) is 31.5 Å². The van der Waals surface area contributed by atoms with Crippen molar-refractivity contribution >= 4 is 22.5 Å². The summed E-state index contributed by atoms with van der Waals surface area (Å²) in [5, 5.41) is 3.95. The molecule has 3 heterocycles. The molecule has 2 aromatic heterocycles. The van der Waals surface area contributed by atoms with Crippen molar-refractivity contribution in [3.05, 3.63) is 57.6 Å². The van der Waals surface area contributed by atoms with Gasteiger partial charge in [-0.05, 0) is 50.5 Å². The van der Waals surface area contributed by atoms with E-state index in [4.69, 9.17) is 0 Å². The summed E-state index contributed by atoms with van der Waals surface area (Å²) in [6, 6.07) is 7.33. The summed E-state index contributed by atoms with van der Waals surface area (Å²) in [6.07, 6.45) is 0.693. The molecule has 1 saturated carbocycles.